The van der Waals surface area contributed by atoms with E-state index in [0.29, 0.717) is 37.8 Å². The summed E-state index contributed by atoms with van der Waals surface area (Å²) in [4.78, 5) is 22.5. The molecule has 0 amide bonds. The molecular weight excluding hydrogens is 619 g/mol. The van der Waals surface area contributed by atoms with Crippen molar-refractivity contribution in [1.82, 2.24) is 24.9 Å². The molecule has 0 aliphatic rings. The summed E-state index contributed by atoms with van der Waals surface area (Å²) in [5.41, 5.74) is 11.1. The molecule has 6 aromatic rings. The molecule has 2 aromatic heterocycles. The van der Waals surface area contributed by atoms with Gasteiger partial charge in [-0.1, -0.05) is 64.6 Å². The molecule has 218 valence electrons. The SMILES string of the molecule is Cc1ccc(Oc2nc(Nc3ccc(Cl)cc3)nc(Nc3ccc(Cl)cc3)n2)c(-c2cc(-c3ccccc3Cl)nc(N)n2)c1. The average molecular weight is 642 g/mol. The maximum Gasteiger partial charge on any atom is 0.328 e. The number of nitrogens with zero attached hydrogens (tertiary/aromatic N) is 5. The lowest BCUT2D eigenvalue weighted by Gasteiger charge is -2.14. The van der Waals surface area contributed by atoms with Crippen LogP contribution in [0, 0.1) is 6.92 Å². The van der Waals surface area contributed by atoms with Crippen molar-refractivity contribution in [3.8, 4) is 34.3 Å². The number of hydrogen-bond donors (Lipinski definition) is 3. The van der Waals surface area contributed by atoms with Crippen molar-refractivity contribution < 1.29 is 4.74 Å². The zero-order valence-electron chi connectivity index (χ0n) is 23.1. The Kier molecular flexibility index (Phi) is 8.42. The first kappa shape index (κ1) is 29.1. The number of ether oxygens (including phenoxy) is 1. The molecule has 0 aliphatic carbocycles. The lowest BCUT2D eigenvalue weighted by atomic mass is 10.0. The van der Waals surface area contributed by atoms with E-state index in [9.17, 15) is 0 Å². The molecule has 12 heteroatoms. The topological polar surface area (TPSA) is 124 Å². The number of hydrogen-bond acceptors (Lipinski definition) is 9. The summed E-state index contributed by atoms with van der Waals surface area (Å²) in [7, 11) is 0. The molecule has 44 heavy (non-hydrogen) atoms. The first-order valence-corrected chi connectivity index (χ1v) is 14.4. The van der Waals surface area contributed by atoms with Gasteiger partial charge >= 0.3 is 6.01 Å². The van der Waals surface area contributed by atoms with Crippen molar-refractivity contribution >= 4 is 64.0 Å². The van der Waals surface area contributed by atoms with E-state index in [1.54, 1.807) is 30.3 Å². The fourth-order valence-corrected chi connectivity index (χ4v) is 4.77. The standard InChI is InChI=1S/C32H23Cl3N8O/c1-18-6-15-28(24(16-18)27-17-26(39-29(36)40-27)23-4-2-3-5-25(23)35)44-32-42-30(37-21-11-7-19(33)8-12-21)41-31(43-32)38-22-13-9-20(34)10-14-22/h2-17H,1H3,(H2,36,39,40)(H2,37,38,41,42,43). The van der Waals surface area contributed by atoms with E-state index in [1.807, 2.05) is 73.7 Å². The van der Waals surface area contributed by atoms with Crippen LogP contribution in [0.4, 0.5) is 29.2 Å². The number of nitrogens with one attached hydrogen (secondary N) is 2. The smallest absolute Gasteiger partial charge is 0.328 e. The van der Waals surface area contributed by atoms with E-state index >= 15 is 0 Å². The third-order valence-electron chi connectivity index (χ3n) is 6.32. The van der Waals surface area contributed by atoms with Gasteiger partial charge in [-0.05, 0) is 79.7 Å². The third-order valence-corrected chi connectivity index (χ3v) is 7.15. The Morgan fingerprint density at radius 1 is 0.614 bits per heavy atom. The van der Waals surface area contributed by atoms with Crippen LogP contribution in [0.25, 0.3) is 22.5 Å². The van der Waals surface area contributed by atoms with Crippen molar-refractivity contribution in [1.29, 1.82) is 0 Å². The van der Waals surface area contributed by atoms with Gasteiger partial charge < -0.3 is 21.1 Å². The van der Waals surface area contributed by atoms with Crippen LogP contribution in [-0.4, -0.2) is 24.9 Å². The van der Waals surface area contributed by atoms with Crippen LogP contribution in [0.1, 0.15) is 5.56 Å². The van der Waals surface area contributed by atoms with Gasteiger partial charge in [-0.2, -0.15) is 15.0 Å². The molecule has 0 radical (unpaired) electrons. The molecule has 0 unspecified atom stereocenters. The Morgan fingerprint density at radius 2 is 1.18 bits per heavy atom. The van der Waals surface area contributed by atoms with Crippen molar-refractivity contribution in [3.63, 3.8) is 0 Å². The van der Waals surface area contributed by atoms with E-state index in [2.05, 4.69) is 35.6 Å². The Balaban J connectivity index is 1.39. The van der Waals surface area contributed by atoms with Gasteiger partial charge in [0, 0.05) is 37.6 Å². The normalized spacial score (nSPS) is 10.8. The highest BCUT2D eigenvalue weighted by Crippen LogP contribution is 2.36. The second-order valence-electron chi connectivity index (χ2n) is 9.61. The first-order valence-electron chi connectivity index (χ1n) is 13.3. The number of nitrogen functional groups attached to an aromatic ring is 1. The molecule has 0 fully saturated rings. The van der Waals surface area contributed by atoms with Crippen LogP contribution in [-0.2, 0) is 0 Å². The molecule has 0 saturated heterocycles. The minimum absolute atomic E-state index is 0.0337. The number of halogens is 3. The monoisotopic (exact) mass is 640 g/mol. The molecule has 0 saturated carbocycles. The summed E-state index contributed by atoms with van der Waals surface area (Å²) in [6.45, 7) is 1.97. The average Bonchev–Trinajstić information content (AvgIpc) is 3.00. The minimum atomic E-state index is 0.0337. The quantitative estimate of drug-likeness (QED) is 0.149. The van der Waals surface area contributed by atoms with Crippen LogP contribution < -0.4 is 21.1 Å². The summed E-state index contributed by atoms with van der Waals surface area (Å²) < 4.78 is 6.31. The van der Waals surface area contributed by atoms with E-state index < -0.39 is 0 Å². The van der Waals surface area contributed by atoms with Gasteiger partial charge in [0.15, 0.2) is 0 Å². The summed E-state index contributed by atoms with van der Waals surface area (Å²) >= 11 is 18.6. The predicted octanol–water partition coefficient (Wildman–Crippen LogP) is 9.13. The summed E-state index contributed by atoms with van der Waals surface area (Å²) in [5.74, 6) is 1.03. The highest BCUT2D eigenvalue weighted by atomic mass is 35.5. The van der Waals surface area contributed by atoms with Crippen LogP contribution >= 0.6 is 34.8 Å². The largest absolute Gasteiger partial charge is 0.423 e. The van der Waals surface area contributed by atoms with Crippen molar-refractivity contribution in [2.45, 2.75) is 6.92 Å². The maximum absolute atomic E-state index is 6.46. The number of anilines is 5. The van der Waals surface area contributed by atoms with E-state index in [-0.39, 0.29) is 23.9 Å². The number of aromatic nitrogens is 5. The third kappa shape index (κ3) is 6.98. The molecule has 0 atom stereocenters. The van der Waals surface area contributed by atoms with Gasteiger partial charge in [-0.3, -0.25) is 0 Å². The Bertz CT molecular complexity index is 1890. The number of benzene rings is 4. The first-order chi connectivity index (χ1) is 21.3. The molecule has 9 nitrogen and oxygen atoms in total. The van der Waals surface area contributed by atoms with Crippen molar-refractivity contribution in [3.05, 3.63) is 118 Å². The van der Waals surface area contributed by atoms with Gasteiger partial charge in [0.05, 0.1) is 11.4 Å². The molecule has 6 rings (SSSR count). The van der Waals surface area contributed by atoms with Gasteiger partial charge in [0.25, 0.3) is 0 Å². The molecule has 0 spiro atoms. The summed E-state index contributed by atoms with van der Waals surface area (Å²) in [6, 6.07) is 29.2. The summed E-state index contributed by atoms with van der Waals surface area (Å²) in [5, 5.41) is 8.11. The fraction of sp³-hybridized carbons (Fsp3) is 0.0312. The predicted molar refractivity (Wildman–Crippen MR) is 176 cm³/mol. The Morgan fingerprint density at radius 3 is 1.77 bits per heavy atom. The molecular formula is C32H23Cl3N8O. The van der Waals surface area contributed by atoms with E-state index in [1.165, 1.54) is 0 Å². The van der Waals surface area contributed by atoms with Gasteiger partial charge in [-0.25, -0.2) is 9.97 Å². The minimum Gasteiger partial charge on any atom is -0.423 e. The van der Waals surface area contributed by atoms with Crippen molar-refractivity contribution in [2.24, 2.45) is 0 Å². The highest BCUT2D eigenvalue weighted by molar-refractivity contribution is 6.33. The molecule has 0 bridgehead atoms. The van der Waals surface area contributed by atoms with Crippen LogP contribution in [0.3, 0.4) is 0 Å². The zero-order valence-corrected chi connectivity index (χ0v) is 25.4. The number of aryl methyl sites for hydroxylation is 1. The van der Waals surface area contributed by atoms with Crippen LogP contribution in [0.2, 0.25) is 15.1 Å². The molecule has 4 aromatic carbocycles. The maximum atomic E-state index is 6.46. The second-order valence-corrected chi connectivity index (χ2v) is 10.9. The Hall–Kier alpha value is -4.96. The number of rotatable bonds is 8. The second kappa shape index (κ2) is 12.7. The summed E-state index contributed by atoms with van der Waals surface area (Å²) in [6.07, 6.45) is 0. The van der Waals surface area contributed by atoms with E-state index in [4.69, 9.17) is 45.3 Å². The van der Waals surface area contributed by atoms with Crippen LogP contribution in [0.15, 0.2) is 97.1 Å². The molecule has 0 aliphatic heterocycles. The lowest BCUT2D eigenvalue weighted by Crippen LogP contribution is -2.06. The fourth-order valence-electron chi connectivity index (χ4n) is 4.28. The van der Waals surface area contributed by atoms with Crippen molar-refractivity contribution in [2.75, 3.05) is 16.4 Å². The van der Waals surface area contributed by atoms with Gasteiger partial charge in [0.1, 0.15) is 5.75 Å². The number of nitrogens with two attached hydrogens (primary N) is 1. The van der Waals surface area contributed by atoms with Crippen LogP contribution in [0.5, 0.6) is 11.8 Å². The van der Waals surface area contributed by atoms with Gasteiger partial charge in [-0.15, -0.1) is 0 Å². The van der Waals surface area contributed by atoms with Gasteiger partial charge in [0.2, 0.25) is 17.8 Å². The molecule has 2 heterocycles. The zero-order chi connectivity index (χ0) is 30.6. The molecule has 4 N–H and O–H groups in total. The highest BCUT2D eigenvalue weighted by Gasteiger charge is 2.17. The van der Waals surface area contributed by atoms with E-state index in [0.717, 1.165) is 22.5 Å². The lowest BCUT2D eigenvalue weighted by molar-refractivity contribution is 0.443. The Labute approximate surface area is 268 Å².